The van der Waals surface area contributed by atoms with Gasteiger partial charge in [-0.15, -0.1) is 11.6 Å². The molecule has 0 bridgehead atoms. The predicted octanol–water partition coefficient (Wildman–Crippen LogP) is 4.98. The maximum absolute atomic E-state index is 6.25. The fourth-order valence-corrected chi connectivity index (χ4v) is 2.54. The molecule has 0 fully saturated rings. The highest BCUT2D eigenvalue weighted by Gasteiger charge is 2.11. The molecule has 0 saturated carbocycles. The predicted molar refractivity (Wildman–Crippen MR) is 71.2 cm³/mol. The Bertz CT molecular complexity index is 539. The molecule has 16 heavy (non-hydrogen) atoms. The second-order valence-electron chi connectivity index (χ2n) is 3.30. The van der Waals surface area contributed by atoms with Crippen molar-refractivity contribution in [1.82, 2.24) is 4.98 Å². The summed E-state index contributed by atoms with van der Waals surface area (Å²) in [5.41, 5.74) is 1.48. The van der Waals surface area contributed by atoms with Crippen molar-refractivity contribution in [2.75, 3.05) is 5.88 Å². The summed E-state index contributed by atoms with van der Waals surface area (Å²) < 4.78 is 0. The minimum atomic E-state index is 0.389. The first-order valence-corrected chi connectivity index (χ1v) is 6.29. The third kappa shape index (κ3) is 2.23. The van der Waals surface area contributed by atoms with E-state index in [1.165, 1.54) is 0 Å². The molecular formula is C11H7Cl4N. The van der Waals surface area contributed by atoms with E-state index in [4.69, 9.17) is 46.4 Å². The molecule has 84 valence electrons. The lowest BCUT2D eigenvalue weighted by atomic mass is 10.1. The fraction of sp³-hybridized carbons (Fsp3) is 0.182. The van der Waals surface area contributed by atoms with Crippen LogP contribution in [0.5, 0.6) is 0 Å². The van der Waals surface area contributed by atoms with Crippen molar-refractivity contribution >= 4 is 57.3 Å². The second-order valence-corrected chi connectivity index (χ2v) is 4.85. The van der Waals surface area contributed by atoms with Crippen LogP contribution < -0.4 is 0 Å². The lowest BCUT2D eigenvalue weighted by molar-refractivity contribution is 1.13. The van der Waals surface area contributed by atoms with E-state index in [-0.39, 0.29) is 0 Å². The third-order valence-electron chi connectivity index (χ3n) is 2.27. The number of hydrogen-bond donors (Lipinski definition) is 0. The largest absolute Gasteiger partial charge is 0.236 e. The number of alkyl halides is 1. The first-order chi connectivity index (χ1) is 7.63. The van der Waals surface area contributed by atoms with Crippen LogP contribution in [-0.4, -0.2) is 10.9 Å². The summed E-state index contributed by atoms with van der Waals surface area (Å²) >= 11 is 23.9. The molecule has 0 aliphatic heterocycles. The van der Waals surface area contributed by atoms with E-state index in [2.05, 4.69) is 4.98 Å². The summed E-state index contributed by atoms with van der Waals surface area (Å²) in [7, 11) is 0. The SMILES string of the molecule is ClCCc1c(Cl)nc2cc(Cl)ccc2c1Cl. The van der Waals surface area contributed by atoms with Crippen LogP contribution in [0.3, 0.4) is 0 Å². The standard InChI is InChI=1S/C11H7Cl4N/c12-4-3-8-10(14)7-2-1-6(13)5-9(7)16-11(8)15/h1-2,5H,3-4H2. The van der Waals surface area contributed by atoms with Crippen LogP contribution in [0.1, 0.15) is 5.56 Å². The molecular weight excluding hydrogens is 288 g/mol. The van der Waals surface area contributed by atoms with E-state index in [0.717, 1.165) is 10.9 Å². The molecule has 2 aromatic rings. The van der Waals surface area contributed by atoms with E-state index in [1.807, 2.05) is 6.07 Å². The van der Waals surface area contributed by atoms with Crippen LogP contribution >= 0.6 is 46.4 Å². The Kier molecular flexibility index (Phi) is 3.81. The average molecular weight is 295 g/mol. The lowest BCUT2D eigenvalue weighted by Crippen LogP contribution is -1.94. The van der Waals surface area contributed by atoms with Crippen LogP contribution in [0.15, 0.2) is 18.2 Å². The monoisotopic (exact) mass is 293 g/mol. The van der Waals surface area contributed by atoms with Crippen molar-refractivity contribution in [3.05, 3.63) is 39.0 Å². The summed E-state index contributed by atoms with van der Waals surface area (Å²) in [5.74, 6) is 0.459. The van der Waals surface area contributed by atoms with Gasteiger partial charge in [0.2, 0.25) is 0 Å². The number of rotatable bonds is 2. The first-order valence-electron chi connectivity index (χ1n) is 4.62. The van der Waals surface area contributed by atoms with Crippen molar-refractivity contribution in [2.24, 2.45) is 0 Å². The molecule has 0 N–H and O–H groups in total. The number of pyridine rings is 1. The Hall–Kier alpha value is -0.210. The fourth-order valence-electron chi connectivity index (χ4n) is 1.52. The third-order valence-corrected chi connectivity index (χ3v) is 3.44. The number of hydrogen-bond acceptors (Lipinski definition) is 1. The van der Waals surface area contributed by atoms with Gasteiger partial charge in [0.1, 0.15) is 5.15 Å². The average Bonchev–Trinajstić information content (AvgIpc) is 2.23. The zero-order valence-corrected chi connectivity index (χ0v) is 11.1. The normalized spacial score (nSPS) is 11.0. The molecule has 0 unspecified atom stereocenters. The van der Waals surface area contributed by atoms with E-state index in [1.54, 1.807) is 12.1 Å². The second kappa shape index (κ2) is 4.97. The van der Waals surface area contributed by atoms with E-state index in [9.17, 15) is 0 Å². The maximum Gasteiger partial charge on any atom is 0.134 e. The number of nitrogens with zero attached hydrogens (tertiary/aromatic N) is 1. The Morgan fingerprint density at radius 1 is 1.12 bits per heavy atom. The van der Waals surface area contributed by atoms with E-state index >= 15 is 0 Å². The molecule has 0 atom stereocenters. The summed E-state index contributed by atoms with van der Waals surface area (Å²) in [6, 6.07) is 5.34. The number of benzene rings is 1. The smallest absolute Gasteiger partial charge is 0.134 e. The van der Waals surface area contributed by atoms with Gasteiger partial charge in [0.05, 0.1) is 10.5 Å². The van der Waals surface area contributed by atoms with Gasteiger partial charge in [0.15, 0.2) is 0 Å². The van der Waals surface area contributed by atoms with Crippen LogP contribution in [0, 0.1) is 0 Å². The molecule has 5 heteroatoms. The Balaban J connectivity index is 2.73. The van der Waals surface area contributed by atoms with Crippen molar-refractivity contribution < 1.29 is 0 Å². The molecule has 0 saturated heterocycles. The van der Waals surface area contributed by atoms with Gasteiger partial charge in [-0.2, -0.15) is 0 Å². The van der Waals surface area contributed by atoms with Crippen LogP contribution in [0.25, 0.3) is 10.9 Å². The quantitative estimate of drug-likeness (QED) is 0.562. The van der Waals surface area contributed by atoms with Crippen molar-refractivity contribution in [2.45, 2.75) is 6.42 Å². The van der Waals surface area contributed by atoms with Gasteiger partial charge in [-0.25, -0.2) is 4.98 Å². The molecule has 1 aromatic heterocycles. The van der Waals surface area contributed by atoms with Gasteiger partial charge in [-0.3, -0.25) is 0 Å². The molecule has 1 aromatic carbocycles. The van der Waals surface area contributed by atoms with Gasteiger partial charge in [0, 0.05) is 21.9 Å². The maximum atomic E-state index is 6.25. The van der Waals surface area contributed by atoms with Crippen molar-refractivity contribution in [3.63, 3.8) is 0 Å². The van der Waals surface area contributed by atoms with Gasteiger partial charge in [0.25, 0.3) is 0 Å². The molecule has 1 nitrogen and oxygen atoms in total. The Morgan fingerprint density at radius 2 is 1.88 bits per heavy atom. The number of halogens is 4. The highest BCUT2D eigenvalue weighted by molar-refractivity contribution is 6.39. The Labute approximate surface area is 113 Å². The summed E-state index contributed by atoms with van der Waals surface area (Å²) in [6.07, 6.45) is 0.602. The minimum Gasteiger partial charge on any atom is -0.236 e. The minimum absolute atomic E-state index is 0.389. The van der Waals surface area contributed by atoms with Crippen molar-refractivity contribution in [3.8, 4) is 0 Å². The molecule has 0 spiro atoms. The van der Waals surface area contributed by atoms with Crippen LogP contribution in [0.4, 0.5) is 0 Å². The molecule has 0 aliphatic rings. The summed E-state index contributed by atoms with van der Waals surface area (Å²) in [6.45, 7) is 0. The van der Waals surface area contributed by atoms with E-state index < -0.39 is 0 Å². The topological polar surface area (TPSA) is 12.9 Å². The van der Waals surface area contributed by atoms with Gasteiger partial charge < -0.3 is 0 Å². The van der Waals surface area contributed by atoms with Crippen LogP contribution in [0.2, 0.25) is 15.2 Å². The van der Waals surface area contributed by atoms with Crippen molar-refractivity contribution in [1.29, 1.82) is 0 Å². The van der Waals surface area contributed by atoms with Gasteiger partial charge in [-0.1, -0.05) is 34.8 Å². The summed E-state index contributed by atoms with van der Waals surface area (Å²) in [4.78, 5) is 4.25. The molecule has 0 aliphatic carbocycles. The molecule has 0 amide bonds. The summed E-state index contributed by atoms with van der Waals surface area (Å²) in [5, 5.41) is 2.44. The molecule has 1 heterocycles. The molecule has 2 rings (SSSR count). The van der Waals surface area contributed by atoms with Gasteiger partial charge >= 0.3 is 0 Å². The highest BCUT2D eigenvalue weighted by atomic mass is 35.5. The number of aromatic nitrogens is 1. The first kappa shape index (κ1) is 12.3. The highest BCUT2D eigenvalue weighted by Crippen LogP contribution is 2.32. The van der Waals surface area contributed by atoms with Crippen LogP contribution in [-0.2, 0) is 6.42 Å². The zero-order valence-electron chi connectivity index (χ0n) is 8.11. The Morgan fingerprint density at radius 3 is 2.56 bits per heavy atom. The number of fused-ring (bicyclic) bond motifs is 1. The van der Waals surface area contributed by atoms with Gasteiger partial charge in [-0.05, 0) is 24.6 Å². The lowest BCUT2D eigenvalue weighted by Gasteiger charge is -2.08. The zero-order chi connectivity index (χ0) is 11.7. The molecule has 0 radical (unpaired) electrons. The van der Waals surface area contributed by atoms with E-state index in [0.29, 0.717) is 33.0 Å².